The molecule has 1 aliphatic heterocycles. The average molecular weight is 352 g/mol. The fraction of sp³-hybridized carbons (Fsp3) is 0.400. The van der Waals surface area contributed by atoms with Crippen molar-refractivity contribution < 1.29 is 9.32 Å². The van der Waals surface area contributed by atoms with Gasteiger partial charge in [0.2, 0.25) is 5.91 Å². The fourth-order valence-electron chi connectivity index (χ4n) is 3.66. The molecule has 0 saturated carbocycles. The van der Waals surface area contributed by atoms with Crippen molar-refractivity contribution in [2.24, 2.45) is 0 Å². The van der Waals surface area contributed by atoms with Crippen LogP contribution < -0.4 is 0 Å². The van der Waals surface area contributed by atoms with Crippen molar-refractivity contribution in [3.63, 3.8) is 0 Å². The minimum atomic E-state index is 0.201. The maximum atomic E-state index is 12.7. The molecule has 4 rings (SSSR count). The third-order valence-corrected chi connectivity index (χ3v) is 5.30. The maximum Gasteiger partial charge on any atom is 0.227 e. The molecule has 136 valence electrons. The molecule has 0 radical (unpaired) electrons. The predicted octanol–water partition coefficient (Wildman–Crippen LogP) is 2.66. The number of piperazine rings is 1. The standard InChI is InChI=1S/C20H24N4O2/c1-14-18(15(2)26-22-14)13-23-7-9-24(10-8-23)20(25)11-16-12-21-19-6-4-3-5-17(16)19/h3-6,12,21H,7-11,13H2,1-2H3. The number of aromatic amines is 1. The number of carbonyl (C=O) groups is 1. The maximum absolute atomic E-state index is 12.7. The number of H-pyrrole nitrogens is 1. The van der Waals surface area contributed by atoms with Crippen LogP contribution in [0.5, 0.6) is 0 Å². The summed E-state index contributed by atoms with van der Waals surface area (Å²) in [5.74, 6) is 1.09. The highest BCUT2D eigenvalue weighted by molar-refractivity contribution is 5.88. The van der Waals surface area contributed by atoms with E-state index in [0.29, 0.717) is 6.42 Å². The molecule has 3 aromatic rings. The summed E-state index contributed by atoms with van der Waals surface area (Å²) >= 11 is 0. The summed E-state index contributed by atoms with van der Waals surface area (Å²) in [6, 6.07) is 8.12. The van der Waals surface area contributed by atoms with Gasteiger partial charge >= 0.3 is 0 Å². The molecule has 26 heavy (non-hydrogen) atoms. The molecular weight excluding hydrogens is 328 g/mol. The van der Waals surface area contributed by atoms with E-state index in [1.165, 1.54) is 5.56 Å². The van der Waals surface area contributed by atoms with E-state index in [9.17, 15) is 4.79 Å². The van der Waals surface area contributed by atoms with Gasteiger partial charge in [-0.05, 0) is 25.5 Å². The Balaban J connectivity index is 1.35. The van der Waals surface area contributed by atoms with Gasteiger partial charge in [-0.1, -0.05) is 23.4 Å². The molecule has 2 aromatic heterocycles. The van der Waals surface area contributed by atoms with E-state index in [1.54, 1.807) is 0 Å². The van der Waals surface area contributed by atoms with Crippen molar-refractivity contribution in [3.05, 3.63) is 53.0 Å². The van der Waals surface area contributed by atoms with Crippen molar-refractivity contribution in [2.75, 3.05) is 26.2 Å². The number of carbonyl (C=O) groups excluding carboxylic acids is 1. The van der Waals surface area contributed by atoms with Crippen LogP contribution in [0.4, 0.5) is 0 Å². The number of aromatic nitrogens is 2. The molecule has 6 nitrogen and oxygen atoms in total. The van der Waals surface area contributed by atoms with Gasteiger partial charge in [-0.15, -0.1) is 0 Å². The number of benzene rings is 1. The number of nitrogens with one attached hydrogen (secondary N) is 1. The smallest absolute Gasteiger partial charge is 0.227 e. The van der Waals surface area contributed by atoms with Crippen molar-refractivity contribution in [2.45, 2.75) is 26.8 Å². The number of para-hydroxylation sites is 1. The highest BCUT2D eigenvalue weighted by atomic mass is 16.5. The zero-order valence-corrected chi connectivity index (χ0v) is 15.3. The van der Waals surface area contributed by atoms with Crippen LogP contribution in [-0.2, 0) is 17.8 Å². The molecule has 0 bridgehead atoms. The molecule has 0 atom stereocenters. The van der Waals surface area contributed by atoms with Crippen molar-refractivity contribution in [1.82, 2.24) is 19.9 Å². The van der Waals surface area contributed by atoms with Crippen LogP contribution in [0.15, 0.2) is 35.0 Å². The van der Waals surface area contributed by atoms with Crippen LogP contribution >= 0.6 is 0 Å². The van der Waals surface area contributed by atoms with Gasteiger partial charge in [-0.2, -0.15) is 0 Å². The van der Waals surface area contributed by atoms with E-state index in [4.69, 9.17) is 4.52 Å². The number of nitrogens with zero attached hydrogens (tertiary/aromatic N) is 3. The molecule has 1 saturated heterocycles. The van der Waals surface area contributed by atoms with E-state index in [-0.39, 0.29) is 5.91 Å². The van der Waals surface area contributed by atoms with Gasteiger partial charge in [-0.25, -0.2) is 0 Å². The number of amides is 1. The molecular formula is C20H24N4O2. The second kappa shape index (κ2) is 6.96. The quantitative estimate of drug-likeness (QED) is 0.784. The molecule has 1 N–H and O–H groups in total. The summed E-state index contributed by atoms with van der Waals surface area (Å²) in [6.07, 6.45) is 2.41. The molecule has 1 fully saturated rings. The Bertz CT molecular complexity index is 899. The molecule has 1 amide bonds. The van der Waals surface area contributed by atoms with E-state index in [1.807, 2.05) is 43.1 Å². The lowest BCUT2D eigenvalue weighted by molar-refractivity contribution is -0.132. The highest BCUT2D eigenvalue weighted by Gasteiger charge is 2.23. The monoisotopic (exact) mass is 352 g/mol. The van der Waals surface area contributed by atoms with Gasteiger partial charge in [0.25, 0.3) is 0 Å². The minimum Gasteiger partial charge on any atom is -0.361 e. The lowest BCUT2D eigenvalue weighted by Gasteiger charge is -2.34. The van der Waals surface area contributed by atoms with Crippen molar-refractivity contribution in [3.8, 4) is 0 Å². The molecule has 1 aromatic carbocycles. The first-order valence-electron chi connectivity index (χ1n) is 9.08. The lowest BCUT2D eigenvalue weighted by atomic mass is 10.1. The first kappa shape index (κ1) is 16.8. The van der Waals surface area contributed by atoms with E-state index in [2.05, 4.69) is 21.1 Å². The number of fused-ring (bicyclic) bond motifs is 1. The molecule has 0 unspecified atom stereocenters. The number of aryl methyl sites for hydroxylation is 2. The summed E-state index contributed by atoms with van der Waals surface area (Å²) in [5.41, 5.74) is 4.28. The number of hydrogen-bond donors (Lipinski definition) is 1. The normalized spacial score (nSPS) is 15.7. The van der Waals surface area contributed by atoms with Crippen LogP contribution in [0, 0.1) is 13.8 Å². The first-order valence-corrected chi connectivity index (χ1v) is 9.08. The van der Waals surface area contributed by atoms with Gasteiger partial charge in [0.05, 0.1) is 12.1 Å². The van der Waals surface area contributed by atoms with Gasteiger partial charge in [-0.3, -0.25) is 9.69 Å². The molecule has 3 heterocycles. The summed E-state index contributed by atoms with van der Waals surface area (Å²) in [5, 5.41) is 5.16. The largest absolute Gasteiger partial charge is 0.361 e. The Hall–Kier alpha value is -2.60. The van der Waals surface area contributed by atoms with E-state index in [0.717, 1.165) is 60.6 Å². The van der Waals surface area contributed by atoms with E-state index < -0.39 is 0 Å². The average Bonchev–Trinajstić information content (AvgIpc) is 3.21. The summed E-state index contributed by atoms with van der Waals surface area (Å²) in [6.45, 7) is 8.07. The van der Waals surface area contributed by atoms with Crippen molar-refractivity contribution in [1.29, 1.82) is 0 Å². The Labute approximate surface area is 152 Å². The summed E-state index contributed by atoms with van der Waals surface area (Å²) < 4.78 is 5.25. The Morgan fingerprint density at radius 2 is 1.96 bits per heavy atom. The number of hydrogen-bond acceptors (Lipinski definition) is 4. The topological polar surface area (TPSA) is 65.4 Å². The second-order valence-corrected chi connectivity index (χ2v) is 7.00. The Kier molecular flexibility index (Phi) is 4.51. The van der Waals surface area contributed by atoms with E-state index >= 15 is 0 Å². The van der Waals surface area contributed by atoms with Crippen LogP contribution in [0.2, 0.25) is 0 Å². The van der Waals surface area contributed by atoms with Crippen LogP contribution in [0.3, 0.4) is 0 Å². The second-order valence-electron chi connectivity index (χ2n) is 7.00. The lowest BCUT2D eigenvalue weighted by Crippen LogP contribution is -2.48. The Morgan fingerprint density at radius 3 is 2.69 bits per heavy atom. The van der Waals surface area contributed by atoms with Crippen molar-refractivity contribution >= 4 is 16.8 Å². The fourth-order valence-corrected chi connectivity index (χ4v) is 3.66. The van der Waals surface area contributed by atoms with Crippen LogP contribution in [0.1, 0.15) is 22.6 Å². The van der Waals surface area contributed by atoms with Gasteiger partial charge in [0.1, 0.15) is 5.76 Å². The zero-order valence-electron chi connectivity index (χ0n) is 15.3. The SMILES string of the molecule is Cc1noc(C)c1CN1CCN(C(=O)Cc2c[nH]c3ccccc23)CC1. The predicted molar refractivity (Wildman–Crippen MR) is 99.8 cm³/mol. The molecule has 0 spiro atoms. The molecule has 1 aliphatic rings. The third kappa shape index (κ3) is 3.24. The first-order chi connectivity index (χ1) is 12.6. The molecule has 6 heteroatoms. The van der Waals surface area contributed by atoms with Gasteiger partial charge < -0.3 is 14.4 Å². The zero-order chi connectivity index (χ0) is 18.1. The van der Waals surface area contributed by atoms with Crippen LogP contribution in [-0.4, -0.2) is 52.0 Å². The van der Waals surface area contributed by atoms with Gasteiger partial charge in [0.15, 0.2) is 0 Å². The minimum absolute atomic E-state index is 0.201. The number of rotatable bonds is 4. The third-order valence-electron chi connectivity index (χ3n) is 5.30. The summed E-state index contributed by atoms with van der Waals surface area (Å²) in [7, 11) is 0. The molecule has 0 aliphatic carbocycles. The van der Waals surface area contributed by atoms with Gasteiger partial charge in [0, 0.05) is 55.4 Å². The van der Waals surface area contributed by atoms with Crippen LogP contribution in [0.25, 0.3) is 10.9 Å². The highest BCUT2D eigenvalue weighted by Crippen LogP contribution is 2.20. The Morgan fingerprint density at radius 1 is 1.19 bits per heavy atom. The summed E-state index contributed by atoms with van der Waals surface area (Å²) in [4.78, 5) is 20.3.